The van der Waals surface area contributed by atoms with E-state index >= 15 is 0 Å². The molecular weight excluding hydrogens is 152 g/mol. The second-order valence-corrected chi connectivity index (χ2v) is 2.61. The van der Waals surface area contributed by atoms with Crippen LogP contribution in [0.1, 0.15) is 13.8 Å². The molecule has 0 rings (SSSR count). The molecule has 0 saturated carbocycles. The number of rotatable bonds is 4. The second kappa shape index (κ2) is 5.47. The Morgan fingerprint density at radius 1 is 1.08 bits per heavy atom. The highest BCUT2D eigenvalue weighted by Gasteiger charge is 1.98. The molecule has 2 nitrogen and oxygen atoms in total. The van der Waals surface area contributed by atoms with Gasteiger partial charge < -0.3 is 9.47 Å². The predicted octanol–water partition coefficient (Wildman–Crippen LogP) is 2.64. The highest BCUT2D eigenvalue weighted by molar-refractivity contribution is 5.23. The van der Waals surface area contributed by atoms with Crippen LogP contribution in [-0.2, 0) is 9.47 Å². The number of ether oxygens (including phenoxy) is 2. The molecule has 0 aromatic rings. The second-order valence-electron chi connectivity index (χ2n) is 2.61. The maximum absolute atomic E-state index is 5.05. The maximum Gasteiger partial charge on any atom is 0.160 e. The Morgan fingerprint density at radius 2 is 1.67 bits per heavy atom. The normalized spacial score (nSPS) is 10.5. The molecule has 0 heterocycles. The van der Waals surface area contributed by atoms with E-state index in [1.165, 1.54) is 5.57 Å². The third-order valence-electron chi connectivity index (χ3n) is 1.31. The SMILES string of the molecule is C=C(OC)/C(=C\C=C(C)C)OC. The average molecular weight is 168 g/mol. The fourth-order valence-electron chi connectivity index (χ4n) is 0.618. The standard InChI is InChI=1S/C10H16O2/c1-8(2)6-7-10(12-5)9(3)11-4/h6-7H,3H2,1-2,4-5H3/b10-7+. The van der Waals surface area contributed by atoms with Crippen LogP contribution in [0.4, 0.5) is 0 Å². The first-order chi connectivity index (χ1) is 5.61. The first-order valence-corrected chi connectivity index (χ1v) is 3.74. The fraction of sp³-hybridized carbons (Fsp3) is 0.400. The van der Waals surface area contributed by atoms with Gasteiger partial charge in [-0.1, -0.05) is 18.2 Å². The number of hydrogen-bond donors (Lipinski definition) is 0. The van der Waals surface area contributed by atoms with Crippen molar-refractivity contribution in [3.8, 4) is 0 Å². The van der Waals surface area contributed by atoms with Crippen molar-refractivity contribution >= 4 is 0 Å². The van der Waals surface area contributed by atoms with Gasteiger partial charge >= 0.3 is 0 Å². The number of allylic oxidation sites excluding steroid dienone is 3. The van der Waals surface area contributed by atoms with Crippen LogP contribution in [0.15, 0.2) is 35.8 Å². The topological polar surface area (TPSA) is 18.5 Å². The van der Waals surface area contributed by atoms with Crippen molar-refractivity contribution in [1.82, 2.24) is 0 Å². The summed E-state index contributed by atoms with van der Waals surface area (Å²) in [5.74, 6) is 1.19. The third-order valence-corrected chi connectivity index (χ3v) is 1.31. The summed E-state index contributed by atoms with van der Waals surface area (Å²) in [6.07, 6.45) is 3.78. The summed E-state index contributed by atoms with van der Waals surface area (Å²) in [4.78, 5) is 0. The molecule has 0 aliphatic heterocycles. The molecule has 0 radical (unpaired) electrons. The van der Waals surface area contributed by atoms with Gasteiger partial charge in [-0.2, -0.15) is 0 Å². The van der Waals surface area contributed by atoms with Gasteiger partial charge in [0, 0.05) is 0 Å². The van der Waals surface area contributed by atoms with Crippen molar-refractivity contribution in [2.24, 2.45) is 0 Å². The Balaban J connectivity index is 4.44. The van der Waals surface area contributed by atoms with Crippen LogP contribution >= 0.6 is 0 Å². The molecule has 0 N–H and O–H groups in total. The maximum atomic E-state index is 5.05. The zero-order valence-corrected chi connectivity index (χ0v) is 8.18. The molecule has 0 unspecified atom stereocenters. The highest BCUT2D eigenvalue weighted by Crippen LogP contribution is 2.09. The van der Waals surface area contributed by atoms with Gasteiger partial charge in [-0.05, 0) is 19.9 Å². The lowest BCUT2D eigenvalue weighted by Gasteiger charge is -2.06. The quantitative estimate of drug-likeness (QED) is 0.474. The molecule has 0 aromatic carbocycles. The van der Waals surface area contributed by atoms with Crippen LogP contribution in [-0.4, -0.2) is 14.2 Å². The smallest absolute Gasteiger partial charge is 0.160 e. The summed E-state index contributed by atoms with van der Waals surface area (Å²) in [5, 5.41) is 0. The van der Waals surface area contributed by atoms with Crippen LogP contribution in [0.5, 0.6) is 0 Å². The minimum Gasteiger partial charge on any atom is -0.494 e. The lowest BCUT2D eigenvalue weighted by molar-refractivity contribution is 0.221. The molecule has 0 amide bonds. The Bertz CT molecular complexity index is 208. The van der Waals surface area contributed by atoms with Crippen LogP contribution in [0.25, 0.3) is 0 Å². The van der Waals surface area contributed by atoms with Gasteiger partial charge in [0.1, 0.15) is 0 Å². The Kier molecular flexibility index (Phi) is 4.93. The molecule has 0 aliphatic carbocycles. The monoisotopic (exact) mass is 168 g/mol. The summed E-state index contributed by atoms with van der Waals surface area (Å²) in [6, 6.07) is 0. The minimum atomic E-state index is 0.537. The average Bonchev–Trinajstić information content (AvgIpc) is 2.04. The molecule has 0 bridgehead atoms. The molecule has 0 aliphatic rings. The molecule has 0 saturated heterocycles. The van der Waals surface area contributed by atoms with E-state index in [1.807, 2.05) is 26.0 Å². The molecule has 12 heavy (non-hydrogen) atoms. The first-order valence-electron chi connectivity index (χ1n) is 3.74. The summed E-state index contributed by atoms with van der Waals surface area (Å²) >= 11 is 0. The Hall–Kier alpha value is -1.18. The van der Waals surface area contributed by atoms with Gasteiger partial charge in [0.2, 0.25) is 0 Å². The molecule has 68 valence electrons. The minimum absolute atomic E-state index is 0.537. The van der Waals surface area contributed by atoms with Gasteiger partial charge in [-0.15, -0.1) is 0 Å². The van der Waals surface area contributed by atoms with Crippen LogP contribution < -0.4 is 0 Å². The van der Waals surface area contributed by atoms with Crippen molar-refractivity contribution < 1.29 is 9.47 Å². The molecular formula is C10H16O2. The molecule has 0 fully saturated rings. The van der Waals surface area contributed by atoms with E-state index in [1.54, 1.807) is 14.2 Å². The van der Waals surface area contributed by atoms with Gasteiger partial charge in [-0.25, -0.2) is 0 Å². The van der Waals surface area contributed by atoms with Crippen molar-refractivity contribution in [3.63, 3.8) is 0 Å². The predicted molar refractivity (Wildman–Crippen MR) is 50.7 cm³/mol. The number of hydrogen-bond acceptors (Lipinski definition) is 2. The van der Waals surface area contributed by atoms with Gasteiger partial charge in [0.15, 0.2) is 11.5 Å². The van der Waals surface area contributed by atoms with Crippen molar-refractivity contribution in [2.75, 3.05) is 14.2 Å². The Labute approximate surface area is 74.2 Å². The van der Waals surface area contributed by atoms with E-state index in [0.717, 1.165) is 0 Å². The fourth-order valence-corrected chi connectivity index (χ4v) is 0.618. The van der Waals surface area contributed by atoms with Gasteiger partial charge in [0.05, 0.1) is 14.2 Å². The number of methoxy groups -OCH3 is 2. The summed E-state index contributed by atoms with van der Waals surface area (Å²) in [6.45, 7) is 7.70. The zero-order chi connectivity index (χ0) is 9.56. The first kappa shape index (κ1) is 10.8. The van der Waals surface area contributed by atoms with E-state index < -0.39 is 0 Å². The third kappa shape index (κ3) is 3.86. The van der Waals surface area contributed by atoms with Gasteiger partial charge in [0.25, 0.3) is 0 Å². The lowest BCUT2D eigenvalue weighted by atomic mass is 10.3. The van der Waals surface area contributed by atoms with Gasteiger partial charge in [-0.3, -0.25) is 0 Å². The summed E-state index contributed by atoms with van der Waals surface area (Å²) in [7, 11) is 3.16. The molecule has 0 aromatic heterocycles. The molecule has 2 heteroatoms. The van der Waals surface area contributed by atoms with E-state index in [-0.39, 0.29) is 0 Å². The van der Waals surface area contributed by atoms with Crippen molar-refractivity contribution in [2.45, 2.75) is 13.8 Å². The molecule has 0 atom stereocenters. The van der Waals surface area contributed by atoms with Crippen LogP contribution in [0.3, 0.4) is 0 Å². The lowest BCUT2D eigenvalue weighted by Crippen LogP contribution is -1.92. The van der Waals surface area contributed by atoms with Crippen LogP contribution in [0.2, 0.25) is 0 Å². The summed E-state index contributed by atoms with van der Waals surface area (Å²) in [5.41, 5.74) is 1.20. The van der Waals surface area contributed by atoms with Crippen LogP contribution in [0, 0.1) is 0 Å². The molecule has 0 spiro atoms. The highest BCUT2D eigenvalue weighted by atomic mass is 16.5. The van der Waals surface area contributed by atoms with E-state index in [4.69, 9.17) is 9.47 Å². The Morgan fingerprint density at radius 3 is 2.00 bits per heavy atom. The largest absolute Gasteiger partial charge is 0.494 e. The van der Waals surface area contributed by atoms with Crippen molar-refractivity contribution in [1.29, 1.82) is 0 Å². The zero-order valence-electron chi connectivity index (χ0n) is 8.18. The van der Waals surface area contributed by atoms with E-state index in [9.17, 15) is 0 Å². The van der Waals surface area contributed by atoms with Crippen molar-refractivity contribution in [3.05, 3.63) is 35.8 Å². The van der Waals surface area contributed by atoms with E-state index in [2.05, 4.69) is 6.58 Å². The van der Waals surface area contributed by atoms with E-state index in [0.29, 0.717) is 11.5 Å². The summed E-state index contributed by atoms with van der Waals surface area (Å²) < 4.78 is 9.96.